The number of nitrogens with one attached hydrogen (secondary N) is 1. The van der Waals surface area contributed by atoms with Crippen molar-refractivity contribution in [3.63, 3.8) is 0 Å². The number of methoxy groups -OCH3 is 3. The number of aryl methyl sites for hydroxylation is 2. The quantitative estimate of drug-likeness (QED) is 0.133. The molecular weight excluding hydrogens is 893 g/mol. The van der Waals surface area contributed by atoms with E-state index in [0.717, 1.165) is 9.58 Å². The second kappa shape index (κ2) is 16.0. The van der Waals surface area contributed by atoms with Crippen LogP contribution in [-0.2, 0) is 48.0 Å². The number of halogens is 2. The number of nitrogens with zero attached hydrogens (tertiary/aromatic N) is 6. The van der Waals surface area contributed by atoms with Crippen molar-refractivity contribution in [2.45, 2.75) is 43.8 Å². The van der Waals surface area contributed by atoms with Gasteiger partial charge in [0.1, 0.15) is 22.9 Å². The monoisotopic (exact) mass is 933 g/mol. The van der Waals surface area contributed by atoms with E-state index in [-0.39, 0.29) is 54.5 Å². The lowest BCUT2D eigenvalue weighted by molar-refractivity contribution is -0.138. The molecule has 338 valence electrons. The third-order valence-electron chi connectivity index (χ3n) is 13.3. The van der Waals surface area contributed by atoms with Crippen LogP contribution in [0.5, 0.6) is 28.7 Å². The van der Waals surface area contributed by atoms with E-state index >= 15 is 9.59 Å². The van der Waals surface area contributed by atoms with Gasteiger partial charge in [-0.05, 0) is 71.7 Å². The molecule has 1 saturated carbocycles. The summed E-state index contributed by atoms with van der Waals surface area (Å²) >= 11 is 12.8. The molecule has 17 nitrogen and oxygen atoms in total. The number of rotatable bonds is 10. The largest absolute Gasteiger partial charge is 0.508 e. The number of carbonyl (C=O) groups is 2. The zero-order chi connectivity index (χ0) is 46.3. The molecule has 6 aromatic rings. The summed E-state index contributed by atoms with van der Waals surface area (Å²) in [5, 5.41) is 12.0. The van der Waals surface area contributed by atoms with Gasteiger partial charge >= 0.3 is 11.4 Å². The second-order valence-corrected chi connectivity index (χ2v) is 17.4. The van der Waals surface area contributed by atoms with Gasteiger partial charge < -0.3 is 28.6 Å². The van der Waals surface area contributed by atoms with Crippen LogP contribution in [0.2, 0.25) is 10.0 Å². The molecule has 4 aliphatic rings. The first-order valence-electron chi connectivity index (χ1n) is 20.9. The molecule has 2 aromatic heterocycles. The number of allylic oxidation sites excluding steroid dienone is 3. The summed E-state index contributed by atoms with van der Waals surface area (Å²) in [6.45, 7) is -0.243. The number of phenolic OH excluding ortho intramolecular Hbond substituents is 1. The molecule has 0 unspecified atom stereocenters. The van der Waals surface area contributed by atoms with Crippen LogP contribution in [0.3, 0.4) is 0 Å². The molecule has 1 aliphatic carbocycles. The number of hydrogen-bond donors (Lipinski definition) is 2. The van der Waals surface area contributed by atoms with E-state index in [4.69, 9.17) is 42.1 Å². The van der Waals surface area contributed by atoms with Crippen LogP contribution in [0.15, 0.2) is 111 Å². The topological polar surface area (TPSA) is 190 Å². The summed E-state index contributed by atoms with van der Waals surface area (Å²) in [5.74, 6) is -1.39. The molecule has 0 spiro atoms. The van der Waals surface area contributed by atoms with E-state index in [1.807, 2.05) is 6.08 Å². The highest BCUT2D eigenvalue weighted by Crippen LogP contribution is 2.61. The van der Waals surface area contributed by atoms with E-state index in [2.05, 4.69) is 10.4 Å². The van der Waals surface area contributed by atoms with Crippen LogP contribution in [0, 0.1) is 11.8 Å². The first-order chi connectivity index (χ1) is 31.8. The highest BCUT2D eigenvalue weighted by Gasteiger charge is 2.69. The fourth-order valence-electron chi connectivity index (χ4n) is 10.3. The number of hydrogen-bond acceptors (Lipinski definition) is 12. The van der Waals surface area contributed by atoms with Gasteiger partial charge in [-0.1, -0.05) is 41.4 Å². The molecule has 10 rings (SSSR count). The molecular formula is C47H41Cl2N7O10. The molecule has 0 bridgehead atoms. The van der Waals surface area contributed by atoms with Crippen molar-refractivity contribution in [1.82, 2.24) is 28.5 Å². The average Bonchev–Trinajstić information content (AvgIpc) is 3.69. The number of phenols is 1. The number of amides is 2. The van der Waals surface area contributed by atoms with Crippen molar-refractivity contribution in [1.29, 1.82) is 0 Å². The highest BCUT2D eigenvalue weighted by molar-refractivity contribution is 6.36. The van der Waals surface area contributed by atoms with Crippen LogP contribution < -0.4 is 41.3 Å². The van der Waals surface area contributed by atoms with Gasteiger partial charge in [0.05, 0.1) is 73.3 Å². The van der Waals surface area contributed by atoms with Gasteiger partial charge in [0.2, 0.25) is 0 Å². The lowest BCUT2D eigenvalue weighted by Crippen LogP contribution is -2.55. The number of benzene rings is 4. The maximum Gasteiger partial charge on any atom is 0.347 e. The van der Waals surface area contributed by atoms with E-state index < -0.39 is 52.0 Å². The molecule has 66 heavy (non-hydrogen) atoms. The Morgan fingerprint density at radius 1 is 0.909 bits per heavy atom. The third-order valence-corrected chi connectivity index (χ3v) is 13.8. The van der Waals surface area contributed by atoms with Crippen molar-refractivity contribution in [3.05, 3.63) is 154 Å². The Balaban J connectivity index is 1.11. The van der Waals surface area contributed by atoms with Crippen LogP contribution in [-0.4, -0.2) is 66.7 Å². The summed E-state index contributed by atoms with van der Waals surface area (Å²) in [7, 11) is 6.10. The summed E-state index contributed by atoms with van der Waals surface area (Å²) < 4.78 is 27.8. The minimum absolute atomic E-state index is 0.00990. The Bertz CT molecular complexity index is 3300. The first-order valence-corrected chi connectivity index (χ1v) is 21.7. The minimum Gasteiger partial charge on any atom is -0.508 e. The Kier molecular flexibility index (Phi) is 10.4. The Labute approximate surface area is 385 Å². The predicted octanol–water partition coefficient (Wildman–Crippen LogP) is 5.31. The van der Waals surface area contributed by atoms with Gasteiger partial charge in [-0.3, -0.25) is 19.8 Å². The van der Waals surface area contributed by atoms with Gasteiger partial charge in [-0.2, -0.15) is 5.01 Å². The second-order valence-electron chi connectivity index (χ2n) is 16.5. The summed E-state index contributed by atoms with van der Waals surface area (Å²) in [5.41, 5.74) is 3.29. The molecule has 1 saturated heterocycles. The number of fused-ring (bicyclic) bond motifs is 6. The molecule has 4 atom stereocenters. The number of hydrazine groups is 1. The molecule has 5 heterocycles. The fraction of sp³-hybridized carbons (Fsp3) is 0.277. The maximum absolute atomic E-state index is 15.7. The minimum atomic E-state index is -1.65. The maximum atomic E-state index is 15.7. The molecule has 4 aromatic carbocycles. The number of aromatic hydroxyl groups is 1. The van der Waals surface area contributed by atoms with E-state index in [1.165, 1.54) is 47.4 Å². The Morgan fingerprint density at radius 3 is 2.39 bits per heavy atom. The smallest absolute Gasteiger partial charge is 0.347 e. The Morgan fingerprint density at radius 2 is 1.67 bits per heavy atom. The fourth-order valence-corrected chi connectivity index (χ4v) is 10.7. The predicted molar refractivity (Wildman–Crippen MR) is 243 cm³/mol. The first kappa shape index (κ1) is 42.7. The number of imide groups is 1. The van der Waals surface area contributed by atoms with E-state index in [0.29, 0.717) is 61.3 Å². The van der Waals surface area contributed by atoms with E-state index in [1.54, 1.807) is 74.0 Å². The van der Waals surface area contributed by atoms with Crippen molar-refractivity contribution in [2.24, 2.45) is 18.9 Å². The molecule has 2 N–H and O–H groups in total. The van der Waals surface area contributed by atoms with Crippen LogP contribution in [0.4, 0.5) is 5.69 Å². The number of carbonyl (C=O) groups excluding carboxylic acids is 2. The van der Waals surface area contributed by atoms with Crippen LogP contribution in [0.1, 0.15) is 29.3 Å². The number of anilines is 1. The molecule has 0 radical (unpaired) electrons. The van der Waals surface area contributed by atoms with Gasteiger partial charge in [0.25, 0.3) is 17.4 Å². The zero-order valence-corrected chi connectivity index (χ0v) is 37.4. The van der Waals surface area contributed by atoms with E-state index in [9.17, 15) is 19.5 Å². The molecule has 3 aliphatic heterocycles. The number of aromatic nitrogens is 5. The van der Waals surface area contributed by atoms with Gasteiger partial charge in [0, 0.05) is 55.1 Å². The van der Waals surface area contributed by atoms with Crippen LogP contribution >= 0.6 is 23.2 Å². The standard InChI is InChI=1S/C47H41Cl2N7O10/c1-52-37-22-40(65-4)39(64-3)21-35(37)50-34(43(52)59)14-15-53-45(61)54-16-13-30-36(56(54)46(53)62)20-31-42(58)55(51-33-11-7-27(48)19-32(33)49)44(60)47(31,26-5-9-29(63-2)10-6-26)41(30)25-17-24-18-28(57)8-12-38(24)66-23-25/h5-13,18-19,21-23,31,36,41,51,57H,14-17,20H2,1-4H3/t31-,36+,41-,47+/m0/s1. The van der Waals surface area contributed by atoms with Crippen molar-refractivity contribution in [3.8, 4) is 28.7 Å². The summed E-state index contributed by atoms with van der Waals surface area (Å²) in [6.07, 6.45) is 3.48. The number of ether oxygens (including phenoxy) is 4. The molecule has 2 fully saturated rings. The molecule has 2 amide bonds. The van der Waals surface area contributed by atoms with Crippen molar-refractivity contribution >= 4 is 51.7 Å². The lowest BCUT2D eigenvalue weighted by Gasteiger charge is -2.49. The zero-order valence-electron chi connectivity index (χ0n) is 35.9. The van der Waals surface area contributed by atoms with Gasteiger partial charge in [0.15, 0.2) is 11.5 Å². The highest BCUT2D eigenvalue weighted by atomic mass is 35.5. The van der Waals surface area contributed by atoms with Crippen molar-refractivity contribution < 1.29 is 33.6 Å². The average molecular weight is 935 g/mol. The third kappa shape index (κ3) is 6.42. The lowest BCUT2D eigenvalue weighted by atomic mass is 9.52. The SMILES string of the molecule is COc1ccc([C@@]23C(=O)N(Nc4ccc(Cl)cc4Cl)C(=O)[C@@H]2C[C@@H]2C(=CCn4c(=O)n(CCc5nc6cc(OC)c(OC)cc6n(C)c5=O)c(=O)n42)[C@@H]3C2=COc3ccc(O)cc3C2)cc1. The summed E-state index contributed by atoms with van der Waals surface area (Å²) in [4.78, 5) is 78.2. The van der Waals surface area contributed by atoms with Gasteiger partial charge in [-0.25, -0.2) is 28.5 Å². The van der Waals surface area contributed by atoms with Crippen molar-refractivity contribution in [2.75, 3.05) is 26.8 Å². The van der Waals surface area contributed by atoms with Crippen LogP contribution in [0.25, 0.3) is 11.0 Å². The summed E-state index contributed by atoms with van der Waals surface area (Å²) in [6, 6.07) is 18.7. The molecule has 19 heteroatoms. The normalized spacial score (nSPS) is 20.7. The Hall–Kier alpha value is -7.24. The van der Waals surface area contributed by atoms with Gasteiger partial charge in [-0.15, -0.1) is 0 Å².